The third kappa shape index (κ3) is 3.14. The fourth-order valence-corrected chi connectivity index (χ4v) is 4.09. The fourth-order valence-electron chi connectivity index (χ4n) is 2.68. The Hall–Kier alpha value is -0.260. The van der Waals surface area contributed by atoms with Gasteiger partial charge in [0.25, 0.3) is 0 Å². The summed E-state index contributed by atoms with van der Waals surface area (Å²) in [6, 6.07) is -0.350. The molecule has 17 heavy (non-hydrogen) atoms. The van der Waals surface area contributed by atoms with Gasteiger partial charge in [0.2, 0.25) is 0 Å². The summed E-state index contributed by atoms with van der Waals surface area (Å²) in [6.45, 7) is 7.82. The van der Waals surface area contributed by atoms with E-state index < -0.39 is 5.97 Å². The van der Waals surface area contributed by atoms with Crippen molar-refractivity contribution in [3.63, 3.8) is 0 Å². The Morgan fingerprint density at radius 3 is 2.65 bits per heavy atom. The Kier molecular flexibility index (Phi) is 4.00. The van der Waals surface area contributed by atoms with Gasteiger partial charge in [-0.15, -0.1) is 11.8 Å². The minimum Gasteiger partial charge on any atom is -0.480 e. The lowest BCUT2D eigenvalue weighted by Crippen LogP contribution is -2.52. The number of thioether (sulfide) groups is 1. The van der Waals surface area contributed by atoms with Gasteiger partial charge in [-0.05, 0) is 18.8 Å². The van der Waals surface area contributed by atoms with E-state index in [9.17, 15) is 4.79 Å². The molecular formula is C12H22N2O2S. The highest BCUT2D eigenvalue weighted by Gasteiger charge is 2.43. The standard InChI is InChI=1S/C12H22N2O2S/c1-9(2)7-14-5-3-12(4-6-14)13-10(8-17-12)11(15)16/h9-10,13H,3-8H2,1-2H3,(H,15,16)/t10-/m1/s1. The van der Waals surface area contributed by atoms with E-state index in [1.165, 1.54) is 0 Å². The molecule has 2 aliphatic rings. The number of rotatable bonds is 3. The third-order valence-electron chi connectivity index (χ3n) is 3.55. The lowest BCUT2D eigenvalue weighted by Gasteiger charge is -2.39. The zero-order valence-corrected chi connectivity index (χ0v) is 11.4. The summed E-state index contributed by atoms with van der Waals surface area (Å²) in [4.78, 5) is 13.5. The second-order valence-corrected chi connectivity index (χ2v) is 6.94. The van der Waals surface area contributed by atoms with Gasteiger partial charge in [-0.3, -0.25) is 10.1 Å². The molecule has 2 N–H and O–H groups in total. The van der Waals surface area contributed by atoms with E-state index in [1.54, 1.807) is 11.8 Å². The number of carbonyl (C=O) groups is 1. The molecule has 0 aliphatic carbocycles. The number of aliphatic carboxylic acids is 1. The van der Waals surface area contributed by atoms with Gasteiger partial charge in [-0.2, -0.15) is 0 Å². The van der Waals surface area contributed by atoms with Crippen LogP contribution in [0, 0.1) is 5.92 Å². The SMILES string of the molecule is CC(C)CN1CCC2(CC1)N[C@@H](C(=O)O)CS2. The number of hydrogen-bond donors (Lipinski definition) is 2. The lowest BCUT2D eigenvalue weighted by atomic mass is 10.0. The van der Waals surface area contributed by atoms with Crippen LogP contribution in [0.4, 0.5) is 0 Å². The second-order valence-electron chi connectivity index (χ2n) is 5.53. The van der Waals surface area contributed by atoms with Crippen LogP contribution in [0.2, 0.25) is 0 Å². The zero-order chi connectivity index (χ0) is 12.5. The van der Waals surface area contributed by atoms with Gasteiger partial charge in [0, 0.05) is 25.4 Å². The van der Waals surface area contributed by atoms with Crippen molar-refractivity contribution in [2.24, 2.45) is 5.92 Å². The van der Waals surface area contributed by atoms with Crippen LogP contribution in [0.3, 0.4) is 0 Å². The summed E-state index contributed by atoms with van der Waals surface area (Å²) in [5.74, 6) is 0.707. The van der Waals surface area contributed by atoms with Gasteiger partial charge < -0.3 is 10.0 Å². The number of piperidine rings is 1. The van der Waals surface area contributed by atoms with Crippen molar-refractivity contribution >= 4 is 17.7 Å². The van der Waals surface area contributed by atoms with Gasteiger partial charge in [-0.25, -0.2) is 0 Å². The first-order valence-corrected chi connectivity index (χ1v) is 7.36. The Morgan fingerprint density at radius 1 is 1.53 bits per heavy atom. The summed E-state index contributed by atoms with van der Waals surface area (Å²) < 4.78 is 0. The highest BCUT2D eigenvalue weighted by Crippen LogP contribution is 2.39. The van der Waals surface area contributed by atoms with Crippen LogP contribution in [0.5, 0.6) is 0 Å². The molecule has 4 nitrogen and oxygen atoms in total. The molecule has 2 rings (SSSR count). The average Bonchev–Trinajstić information content (AvgIpc) is 2.66. The number of nitrogens with zero attached hydrogens (tertiary/aromatic N) is 1. The maximum atomic E-state index is 11.0. The topological polar surface area (TPSA) is 52.6 Å². The number of hydrogen-bond acceptors (Lipinski definition) is 4. The van der Waals surface area contributed by atoms with E-state index in [0.717, 1.165) is 32.5 Å². The first kappa shape index (κ1) is 13.2. The Labute approximate surface area is 107 Å². The molecule has 1 spiro atoms. The van der Waals surface area contributed by atoms with Crippen LogP contribution in [0.15, 0.2) is 0 Å². The molecule has 0 bridgehead atoms. The van der Waals surface area contributed by atoms with E-state index in [-0.39, 0.29) is 10.9 Å². The highest BCUT2D eigenvalue weighted by atomic mass is 32.2. The van der Waals surface area contributed by atoms with Crippen molar-refractivity contribution in [2.45, 2.75) is 37.6 Å². The average molecular weight is 258 g/mol. The van der Waals surface area contributed by atoms with Gasteiger partial charge in [0.15, 0.2) is 0 Å². The Bertz CT molecular complexity index is 288. The molecule has 2 saturated heterocycles. The summed E-state index contributed by atoms with van der Waals surface area (Å²) >= 11 is 1.80. The van der Waals surface area contributed by atoms with E-state index in [1.807, 2.05) is 0 Å². The molecule has 2 aliphatic heterocycles. The molecule has 0 aromatic heterocycles. The molecule has 0 unspecified atom stereocenters. The van der Waals surface area contributed by atoms with Crippen LogP contribution in [0.25, 0.3) is 0 Å². The largest absolute Gasteiger partial charge is 0.480 e. The molecule has 0 saturated carbocycles. The molecule has 2 fully saturated rings. The van der Waals surface area contributed by atoms with Crippen molar-refractivity contribution < 1.29 is 9.90 Å². The van der Waals surface area contributed by atoms with E-state index in [4.69, 9.17) is 5.11 Å². The first-order valence-electron chi connectivity index (χ1n) is 6.37. The van der Waals surface area contributed by atoms with Crippen LogP contribution < -0.4 is 5.32 Å². The highest BCUT2D eigenvalue weighted by molar-refractivity contribution is 8.01. The summed E-state index contributed by atoms with van der Waals surface area (Å²) in [5.41, 5.74) is 0. The van der Waals surface area contributed by atoms with Gasteiger partial charge in [-0.1, -0.05) is 13.8 Å². The first-order chi connectivity index (χ1) is 8.01. The molecule has 98 valence electrons. The number of carboxylic acid groups (broad SMARTS) is 1. The van der Waals surface area contributed by atoms with Crippen LogP contribution >= 0.6 is 11.8 Å². The molecule has 5 heteroatoms. The van der Waals surface area contributed by atoms with Crippen molar-refractivity contribution in [3.8, 4) is 0 Å². The van der Waals surface area contributed by atoms with Gasteiger partial charge in [0.05, 0.1) is 4.87 Å². The van der Waals surface area contributed by atoms with Crippen LogP contribution in [-0.2, 0) is 4.79 Å². The predicted molar refractivity (Wildman–Crippen MR) is 70.3 cm³/mol. The van der Waals surface area contributed by atoms with E-state index >= 15 is 0 Å². The summed E-state index contributed by atoms with van der Waals surface area (Å²) in [6.07, 6.45) is 2.13. The molecule has 0 aromatic carbocycles. The minimum atomic E-state index is -0.709. The molecule has 0 amide bonds. The fraction of sp³-hybridized carbons (Fsp3) is 0.917. The maximum absolute atomic E-state index is 11.0. The smallest absolute Gasteiger partial charge is 0.321 e. The molecule has 1 atom stereocenters. The lowest BCUT2D eigenvalue weighted by molar-refractivity contribution is -0.139. The minimum absolute atomic E-state index is 0.0382. The maximum Gasteiger partial charge on any atom is 0.321 e. The predicted octanol–water partition coefficient (Wildman–Crippen LogP) is 1.22. The zero-order valence-electron chi connectivity index (χ0n) is 10.6. The quantitative estimate of drug-likeness (QED) is 0.797. The molecular weight excluding hydrogens is 236 g/mol. The van der Waals surface area contributed by atoms with Crippen molar-refractivity contribution in [1.82, 2.24) is 10.2 Å². The van der Waals surface area contributed by atoms with Crippen LogP contribution in [-0.4, -0.2) is 52.3 Å². The van der Waals surface area contributed by atoms with E-state index in [0.29, 0.717) is 11.7 Å². The van der Waals surface area contributed by atoms with Crippen molar-refractivity contribution in [3.05, 3.63) is 0 Å². The number of carboxylic acids is 1. The molecule has 2 heterocycles. The van der Waals surface area contributed by atoms with Crippen LogP contribution in [0.1, 0.15) is 26.7 Å². The summed E-state index contributed by atoms with van der Waals surface area (Å²) in [5, 5.41) is 12.3. The van der Waals surface area contributed by atoms with Crippen molar-refractivity contribution in [2.75, 3.05) is 25.4 Å². The Morgan fingerprint density at radius 2 is 2.18 bits per heavy atom. The number of nitrogens with one attached hydrogen (secondary N) is 1. The van der Waals surface area contributed by atoms with E-state index in [2.05, 4.69) is 24.1 Å². The molecule has 0 radical (unpaired) electrons. The monoisotopic (exact) mass is 258 g/mol. The van der Waals surface area contributed by atoms with Gasteiger partial charge in [0.1, 0.15) is 6.04 Å². The number of likely N-dealkylation sites (tertiary alicyclic amines) is 1. The van der Waals surface area contributed by atoms with Crippen molar-refractivity contribution in [1.29, 1.82) is 0 Å². The summed E-state index contributed by atoms with van der Waals surface area (Å²) in [7, 11) is 0. The molecule has 0 aromatic rings. The second kappa shape index (κ2) is 5.16. The normalized spacial score (nSPS) is 29.0. The third-order valence-corrected chi connectivity index (χ3v) is 5.13. The van der Waals surface area contributed by atoms with Gasteiger partial charge >= 0.3 is 5.97 Å². The Balaban J connectivity index is 1.84.